The minimum absolute atomic E-state index is 0.0268. The molecule has 0 radical (unpaired) electrons. The largest absolute Gasteiger partial charge is 0.393 e. The van der Waals surface area contributed by atoms with Gasteiger partial charge in [0.1, 0.15) is 0 Å². The number of aliphatic hydroxyl groups excluding tert-OH is 1. The Morgan fingerprint density at radius 3 is 2.94 bits per heavy atom. The molecule has 3 atom stereocenters. The summed E-state index contributed by atoms with van der Waals surface area (Å²) in [6, 6.07) is 0. The summed E-state index contributed by atoms with van der Waals surface area (Å²) in [4.78, 5) is 2.38. The van der Waals surface area contributed by atoms with Crippen molar-refractivity contribution in [1.29, 1.82) is 0 Å². The molecule has 0 aromatic carbocycles. The van der Waals surface area contributed by atoms with E-state index in [0.717, 1.165) is 45.7 Å². The van der Waals surface area contributed by atoms with E-state index in [1.165, 1.54) is 12.8 Å². The van der Waals surface area contributed by atoms with E-state index in [1.54, 1.807) is 0 Å². The first-order valence-electron chi connectivity index (χ1n) is 6.89. The van der Waals surface area contributed by atoms with Crippen molar-refractivity contribution < 1.29 is 14.6 Å². The third-order valence-electron chi connectivity index (χ3n) is 3.84. The van der Waals surface area contributed by atoms with Crippen LogP contribution in [-0.2, 0) is 9.47 Å². The minimum Gasteiger partial charge on any atom is -0.393 e. The zero-order valence-corrected chi connectivity index (χ0v) is 10.8. The van der Waals surface area contributed by atoms with Gasteiger partial charge in [0.05, 0.1) is 12.7 Å². The number of rotatable bonds is 5. The summed E-state index contributed by atoms with van der Waals surface area (Å²) >= 11 is 0. The lowest BCUT2D eigenvalue weighted by Crippen LogP contribution is -2.30. The van der Waals surface area contributed by atoms with Crippen LogP contribution in [0.15, 0.2) is 0 Å². The van der Waals surface area contributed by atoms with Crippen LogP contribution in [0.3, 0.4) is 0 Å². The SMILES string of the molecule is CC(O)C1CCN(CCOC2CCCCO2)C1. The molecule has 0 aromatic rings. The maximum absolute atomic E-state index is 9.52. The second-order valence-electron chi connectivity index (χ2n) is 5.26. The molecule has 0 bridgehead atoms. The van der Waals surface area contributed by atoms with Gasteiger partial charge >= 0.3 is 0 Å². The number of likely N-dealkylation sites (tertiary alicyclic amines) is 1. The number of aliphatic hydroxyl groups is 1. The van der Waals surface area contributed by atoms with Crippen LogP contribution in [0.1, 0.15) is 32.6 Å². The minimum atomic E-state index is -0.178. The molecule has 1 N–H and O–H groups in total. The smallest absolute Gasteiger partial charge is 0.157 e. The van der Waals surface area contributed by atoms with Crippen molar-refractivity contribution in [2.24, 2.45) is 5.92 Å². The molecular weight excluding hydrogens is 218 g/mol. The zero-order chi connectivity index (χ0) is 12.1. The summed E-state index contributed by atoms with van der Waals surface area (Å²) in [5.74, 6) is 0.445. The average Bonchev–Trinajstić information content (AvgIpc) is 2.79. The van der Waals surface area contributed by atoms with Crippen LogP contribution < -0.4 is 0 Å². The maximum Gasteiger partial charge on any atom is 0.157 e. The third-order valence-corrected chi connectivity index (χ3v) is 3.84. The molecule has 2 heterocycles. The van der Waals surface area contributed by atoms with E-state index in [0.29, 0.717) is 5.92 Å². The standard InChI is InChI=1S/C13H25NO3/c1-11(15)12-5-6-14(10-12)7-9-17-13-4-2-3-8-16-13/h11-13,15H,2-10H2,1H3. The molecule has 3 unspecified atom stereocenters. The van der Waals surface area contributed by atoms with Gasteiger partial charge in [0.15, 0.2) is 6.29 Å². The van der Waals surface area contributed by atoms with Gasteiger partial charge < -0.3 is 19.5 Å². The topological polar surface area (TPSA) is 41.9 Å². The van der Waals surface area contributed by atoms with Gasteiger partial charge in [-0.15, -0.1) is 0 Å². The normalized spacial score (nSPS) is 32.8. The Morgan fingerprint density at radius 2 is 2.29 bits per heavy atom. The molecular formula is C13H25NO3. The Hall–Kier alpha value is -0.160. The molecule has 2 aliphatic heterocycles. The van der Waals surface area contributed by atoms with E-state index in [1.807, 2.05) is 6.92 Å². The molecule has 100 valence electrons. The van der Waals surface area contributed by atoms with Crippen LogP contribution in [0.5, 0.6) is 0 Å². The lowest BCUT2D eigenvalue weighted by Gasteiger charge is -2.24. The second kappa shape index (κ2) is 6.69. The van der Waals surface area contributed by atoms with Crippen molar-refractivity contribution in [3.8, 4) is 0 Å². The Morgan fingerprint density at radius 1 is 1.41 bits per heavy atom. The van der Waals surface area contributed by atoms with Gasteiger partial charge in [0, 0.05) is 19.7 Å². The first kappa shape index (κ1) is 13.3. The van der Waals surface area contributed by atoms with Gasteiger partial charge in [-0.2, -0.15) is 0 Å². The highest BCUT2D eigenvalue weighted by atomic mass is 16.7. The van der Waals surface area contributed by atoms with E-state index < -0.39 is 0 Å². The second-order valence-corrected chi connectivity index (χ2v) is 5.26. The lowest BCUT2D eigenvalue weighted by atomic mass is 10.0. The van der Waals surface area contributed by atoms with Crippen molar-refractivity contribution in [3.63, 3.8) is 0 Å². The molecule has 0 aromatic heterocycles. The van der Waals surface area contributed by atoms with Crippen LogP contribution in [0, 0.1) is 5.92 Å². The van der Waals surface area contributed by atoms with Crippen LogP contribution in [0.2, 0.25) is 0 Å². The van der Waals surface area contributed by atoms with Crippen LogP contribution in [0.4, 0.5) is 0 Å². The van der Waals surface area contributed by atoms with Crippen molar-refractivity contribution >= 4 is 0 Å². The highest BCUT2D eigenvalue weighted by Crippen LogP contribution is 2.19. The molecule has 2 rings (SSSR count). The summed E-state index contributed by atoms with van der Waals surface area (Å²) < 4.78 is 11.2. The van der Waals surface area contributed by atoms with Crippen molar-refractivity contribution in [1.82, 2.24) is 4.90 Å². The number of ether oxygens (including phenoxy) is 2. The molecule has 2 saturated heterocycles. The molecule has 0 spiro atoms. The fourth-order valence-corrected chi connectivity index (χ4v) is 2.62. The van der Waals surface area contributed by atoms with Crippen molar-refractivity contribution in [2.45, 2.75) is 45.0 Å². The first-order chi connectivity index (χ1) is 8.25. The highest BCUT2D eigenvalue weighted by Gasteiger charge is 2.25. The van der Waals surface area contributed by atoms with E-state index in [-0.39, 0.29) is 12.4 Å². The summed E-state index contributed by atoms with van der Waals surface area (Å²) in [6.45, 7) is 6.54. The Bertz CT molecular complexity index is 217. The third kappa shape index (κ3) is 4.21. The molecule has 2 aliphatic rings. The predicted octanol–water partition coefficient (Wildman–Crippen LogP) is 1.23. The molecule has 4 heteroatoms. The van der Waals surface area contributed by atoms with Gasteiger partial charge in [-0.05, 0) is 45.1 Å². The molecule has 0 aliphatic carbocycles. The fourth-order valence-electron chi connectivity index (χ4n) is 2.62. The van der Waals surface area contributed by atoms with Gasteiger partial charge in [0.25, 0.3) is 0 Å². The highest BCUT2D eigenvalue weighted by molar-refractivity contribution is 4.78. The molecule has 2 fully saturated rings. The van der Waals surface area contributed by atoms with Crippen LogP contribution >= 0.6 is 0 Å². The zero-order valence-electron chi connectivity index (χ0n) is 10.8. The van der Waals surface area contributed by atoms with Crippen LogP contribution in [-0.4, -0.2) is 55.2 Å². The summed E-state index contributed by atoms with van der Waals surface area (Å²) in [5, 5.41) is 9.52. The fraction of sp³-hybridized carbons (Fsp3) is 1.00. The molecule has 0 saturated carbocycles. The Kier molecular flexibility index (Phi) is 5.22. The number of hydrogen-bond donors (Lipinski definition) is 1. The monoisotopic (exact) mass is 243 g/mol. The van der Waals surface area contributed by atoms with E-state index >= 15 is 0 Å². The van der Waals surface area contributed by atoms with E-state index in [9.17, 15) is 5.11 Å². The lowest BCUT2D eigenvalue weighted by molar-refractivity contribution is -0.163. The van der Waals surface area contributed by atoms with Gasteiger partial charge in [-0.25, -0.2) is 0 Å². The first-order valence-corrected chi connectivity index (χ1v) is 6.89. The summed E-state index contributed by atoms with van der Waals surface area (Å²) in [5.41, 5.74) is 0. The van der Waals surface area contributed by atoms with Gasteiger partial charge in [-0.1, -0.05) is 0 Å². The quantitative estimate of drug-likeness (QED) is 0.788. The van der Waals surface area contributed by atoms with Crippen LogP contribution in [0.25, 0.3) is 0 Å². The summed E-state index contributed by atoms with van der Waals surface area (Å²) in [6.07, 6.45) is 4.38. The number of hydrogen-bond acceptors (Lipinski definition) is 4. The van der Waals surface area contributed by atoms with Crippen molar-refractivity contribution in [2.75, 3.05) is 32.8 Å². The predicted molar refractivity (Wildman–Crippen MR) is 65.8 cm³/mol. The Labute approximate surface area is 104 Å². The van der Waals surface area contributed by atoms with Gasteiger partial charge in [-0.3, -0.25) is 0 Å². The van der Waals surface area contributed by atoms with E-state index in [2.05, 4.69) is 4.90 Å². The summed E-state index contributed by atoms with van der Waals surface area (Å²) in [7, 11) is 0. The Balaban J connectivity index is 1.56. The van der Waals surface area contributed by atoms with Crippen molar-refractivity contribution in [3.05, 3.63) is 0 Å². The molecule has 4 nitrogen and oxygen atoms in total. The van der Waals surface area contributed by atoms with E-state index in [4.69, 9.17) is 9.47 Å². The van der Waals surface area contributed by atoms with Gasteiger partial charge in [0.2, 0.25) is 0 Å². The maximum atomic E-state index is 9.52. The molecule has 0 amide bonds. The number of nitrogens with zero attached hydrogens (tertiary/aromatic N) is 1. The molecule has 17 heavy (non-hydrogen) atoms. The average molecular weight is 243 g/mol.